The molecule has 1 amide bonds. The summed E-state index contributed by atoms with van der Waals surface area (Å²) < 4.78 is 10.6. The standard InChI is InChI=1S/C18H15N5O3/c1-12-9-16(23-26-12)22-17(24)11-21-14-6-2-3-7-15(14)25-18-13(10-19)5-4-8-20-18/h2-9,21H,11H2,1H3,(H,22,23,24). The maximum absolute atomic E-state index is 12.0. The average molecular weight is 349 g/mol. The van der Waals surface area contributed by atoms with Crippen LogP contribution < -0.4 is 15.4 Å². The summed E-state index contributed by atoms with van der Waals surface area (Å²) in [5.74, 6) is 1.32. The lowest BCUT2D eigenvalue weighted by Gasteiger charge is -2.12. The van der Waals surface area contributed by atoms with Crippen molar-refractivity contribution >= 4 is 17.4 Å². The molecule has 1 aromatic carbocycles. The predicted octanol–water partition coefficient (Wildman–Crippen LogP) is 3.09. The number of hydrogen-bond acceptors (Lipinski definition) is 7. The van der Waals surface area contributed by atoms with E-state index in [1.54, 1.807) is 55.6 Å². The van der Waals surface area contributed by atoms with Crippen molar-refractivity contribution in [1.82, 2.24) is 10.1 Å². The number of ether oxygens (including phenoxy) is 1. The lowest BCUT2D eigenvalue weighted by molar-refractivity contribution is -0.114. The van der Waals surface area contributed by atoms with Crippen molar-refractivity contribution < 1.29 is 14.1 Å². The normalized spacial score (nSPS) is 10.0. The molecule has 0 spiro atoms. The van der Waals surface area contributed by atoms with E-state index in [1.807, 2.05) is 6.07 Å². The molecule has 0 unspecified atom stereocenters. The smallest absolute Gasteiger partial charge is 0.244 e. The Bertz CT molecular complexity index is 961. The van der Waals surface area contributed by atoms with Gasteiger partial charge in [0.1, 0.15) is 17.4 Å². The van der Waals surface area contributed by atoms with Gasteiger partial charge in [-0.2, -0.15) is 5.26 Å². The zero-order valence-electron chi connectivity index (χ0n) is 13.9. The van der Waals surface area contributed by atoms with Crippen LogP contribution in [0.5, 0.6) is 11.6 Å². The van der Waals surface area contributed by atoms with Crippen LogP contribution in [-0.4, -0.2) is 22.6 Å². The van der Waals surface area contributed by atoms with Crippen LogP contribution in [0.4, 0.5) is 11.5 Å². The molecule has 0 saturated carbocycles. The topological polar surface area (TPSA) is 113 Å². The molecular weight excluding hydrogens is 334 g/mol. The third kappa shape index (κ3) is 4.15. The van der Waals surface area contributed by atoms with E-state index in [0.29, 0.717) is 28.6 Å². The number of carbonyl (C=O) groups is 1. The molecule has 2 aromatic heterocycles. The number of nitrogens with one attached hydrogen (secondary N) is 2. The fourth-order valence-electron chi connectivity index (χ4n) is 2.15. The van der Waals surface area contributed by atoms with E-state index in [0.717, 1.165) is 0 Å². The van der Waals surface area contributed by atoms with Crippen LogP contribution in [0.15, 0.2) is 53.2 Å². The highest BCUT2D eigenvalue weighted by Crippen LogP contribution is 2.29. The van der Waals surface area contributed by atoms with E-state index in [-0.39, 0.29) is 18.3 Å². The monoisotopic (exact) mass is 349 g/mol. The minimum atomic E-state index is -0.288. The Hall–Kier alpha value is -3.86. The lowest BCUT2D eigenvalue weighted by atomic mass is 10.2. The first-order chi connectivity index (χ1) is 12.7. The fraction of sp³-hybridized carbons (Fsp3) is 0.111. The molecule has 26 heavy (non-hydrogen) atoms. The Morgan fingerprint density at radius 2 is 2.15 bits per heavy atom. The van der Waals surface area contributed by atoms with E-state index >= 15 is 0 Å². The van der Waals surface area contributed by atoms with Gasteiger partial charge in [-0.3, -0.25) is 4.79 Å². The van der Waals surface area contributed by atoms with E-state index in [4.69, 9.17) is 14.5 Å². The number of anilines is 2. The second-order valence-corrected chi connectivity index (χ2v) is 5.29. The quantitative estimate of drug-likeness (QED) is 0.703. The van der Waals surface area contributed by atoms with Gasteiger partial charge < -0.3 is 19.9 Å². The highest BCUT2D eigenvalue weighted by Gasteiger charge is 2.11. The van der Waals surface area contributed by atoms with Crippen LogP contribution in [0.2, 0.25) is 0 Å². The zero-order valence-corrected chi connectivity index (χ0v) is 13.9. The minimum absolute atomic E-state index is 0.000391. The SMILES string of the molecule is Cc1cc(NC(=O)CNc2ccccc2Oc2ncccc2C#N)no1. The van der Waals surface area contributed by atoms with Crippen LogP contribution in [0.1, 0.15) is 11.3 Å². The summed E-state index contributed by atoms with van der Waals surface area (Å²) in [5.41, 5.74) is 0.912. The molecule has 0 aliphatic heterocycles. The summed E-state index contributed by atoms with van der Waals surface area (Å²) in [6.07, 6.45) is 1.54. The number of para-hydroxylation sites is 2. The number of nitriles is 1. The van der Waals surface area contributed by atoms with E-state index < -0.39 is 0 Å². The molecule has 0 bridgehead atoms. The van der Waals surface area contributed by atoms with Crippen molar-refractivity contribution in [3.05, 3.63) is 60.0 Å². The number of aryl methyl sites for hydroxylation is 1. The lowest BCUT2D eigenvalue weighted by Crippen LogP contribution is -2.22. The van der Waals surface area contributed by atoms with Gasteiger partial charge in [0.25, 0.3) is 0 Å². The van der Waals surface area contributed by atoms with Crippen molar-refractivity contribution in [1.29, 1.82) is 5.26 Å². The number of amides is 1. The molecular formula is C18H15N5O3. The Balaban J connectivity index is 1.67. The molecule has 0 aliphatic rings. The number of rotatable bonds is 6. The minimum Gasteiger partial charge on any atom is -0.436 e. The first-order valence-corrected chi connectivity index (χ1v) is 7.75. The Labute approximate surface area is 149 Å². The maximum atomic E-state index is 12.0. The molecule has 8 nitrogen and oxygen atoms in total. The molecule has 0 fully saturated rings. The van der Waals surface area contributed by atoms with Crippen LogP contribution in [0.3, 0.4) is 0 Å². The van der Waals surface area contributed by atoms with Crippen molar-refractivity contribution in [2.75, 3.05) is 17.2 Å². The molecule has 0 atom stereocenters. The number of carbonyl (C=O) groups excluding carboxylic acids is 1. The molecule has 3 aromatic rings. The van der Waals surface area contributed by atoms with Crippen molar-refractivity contribution in [3.8, 4) is 17.7 Å². The molecule has 130 valence electrons. The van der Waals surface area contributed by atoms with Crippen LogP contribution in [0, 0.1) is 18.3 Å². The number of benzene rings is 1. The summed E-state index contributed by atoms with van der Waals surface area (Å²) in [6, 6.07) is 14.0. The zero-order chi connectivity index (χ0) is 18.4. The van der Waals surface area contributed by atoms with Crippen molar-refractivity contribution in [2.45, 2.75) is 6.92 Å². The summed E-state index contributed by atoms with van der Waals surface area (Å²) in [5, 5.41) is 18.4. The molecule has 3 rings (SSSR count). The first-order valence-electron chi connectivity index (χ1n) is 7.75. The van der Waals surface area contributed by atoms with Gasteiger partial charge in [-0.1, -0.05) is 17.3 Å². The van der Waals surface area contributed by atoms with Gasteiger partial charge in [0.15, 0.2) is 11.6 Å². The van der Waals surface area contributed by atoms with Crippen LogP contribution in [-0.2, 0) is 4.79 Å². The third-order valence-electron chi connectivity index (χ3n) is 3.32. The van der Waals surface area contributed by atoms with Crippen molar-refractivity contribution in [2.24, 2.45) is 0 Å². The fourth-order valence-corrected chi connectivity index (χ4v) is 2.15. The summed E-state index contributed by atoms with van der Waals surface area (Å²) >= 11 is 0. The van der Waals surface area contributed by atoms with Gasteiger partial charge in [-0.25, -0.2) is 4.98 Å². The van der Waals surface area contributed by atoms with E-state index in [2.05, 4.69) is 20.8 Å². The molecule has 2 N–H and O–H groups in total. The largest absolute Gasteiger partial charge is 0.436 e. The summed E-state index contributed by atoms with van der Waals surface area (Å²) in [6.45, 7) is 1.74. The van der Waals surface area contributed by atoms with Gasteiger partial charge >= 0.3 is 0 Å². The number of aromatic nitrogens is 2. The highest BCUT2D eigenvalue weighted by molar-refractivity contribution is 5.93. The average Bonchev–Trinajstić information content (AvgIpc) is 3.06. The Kier molecular flexibility index (Phi) is 5.10. The summed E-state index contributed by atoms with van der Waals surface area (Å²) in [7, 11) is 0. The molecule has 0 saturated heterocycles. The highest BCUT2D eigenvalue weighted by atomic mass is 16.5. The van der Waals surface area contributed by atoms with Crippen LogP contribution in [0.25, 0.3) is 0 Å². The van der Waals surface area contributed by atoms with Gasteiger partial charge in [-0.15, -0.1) is 0 Å². The van der Waals surface area contributed by atoms with Crippen molar-refractivity contribution in [3.63, 3.8) is 0 Å². The molecule has 8 heteroatoms. The Morgan fingerprint density at radius 1 is 1.31 bits per heavy atom. The van der Waals surface area contributed by atoms with Gasteiger partial charge in [0.05, 0.1) is 12.2 Å². The molecule has 2 heterocycles. The number of pyridine rings is 1. The number of hydrogen-bond donors (Lipinski definition) is 2. The second-order valence-electron chi connectivity index (χ2n) is 5.29. The molecule has 0 radical (unpaired) electrons. The maximum Gasteiger partial charge on any atom is 0.244 e. The van der Waals surface area contributed by atoms with E-state index in [9.17, 15) is 4.79 Å². The van der Waals surface area contributed by atoms with Gasteiger partial charge in [-0.05, 0) is 31.2 Å². The summed E-state index contributed by atoms with van der Waals surface area (Å²) in [4.78, 5) is 16.1. The number of nitrogens with zero attached hydrogens (tertiary/aromatic N) is 3. The Morgan fingerprint density at radius 3 is 2.92 bits per heavy atom. The van der Waals surface area contributed by atoms with E-state index in [1.165, 1.54) is 0 Å². The molecule has 0 aliphatic carbocycles. The predicted molar refractivity (Wildman–Crippen MR) is 93.8 cm³/mol. The van der Waals surface area contributed by atoms with Gasteiger partial charge in [0, 0.05) is 12.3 Å². The first kappa shape index (κ1) is 17.0. The second kappa shape index (κ2) is 7.81. The van der Waals surface area contributed by atoms with Crippen LogP contribution >= 0.6 is 0 Å². The third-order valence-corrected chi connectivity index (χ3v) is 3.32. The van der Waals surface area contributed by atoms with Gasteiger partial charge in [0.2, 0.25) is 11.8 Å².